The second kappa shape index (κ2) is 4.95. The lowest BCUT2D eigenvalue weighted by Crippen LogP contribution is -2.14. The van der Waals surface area contributed by atoms with Gasteiger partial charge in [-0.1, -0.05) is 12.1 Å². The van der Waals surface area contributed by atoms with Gasteiger partial charge in [0.1, 0.15) is 11.0 Å². The van der Waals surface area contributed by atoms with Crippen molar-refractivity contribution in [1.82, 2.24) is 15.2 Å². The van der Waals surface area contributed by atoms with Crippen molar-refractivity contribution in [3.8, 4) is 11.4 Å². The summed E-state index contributed by atoms with van der Waals surface area (Å²) in [4.78, 5) is 4.16. The van der Waals surface area contributed by atoms with Gasteiger partial charge in [0.25, 0.3) is 0 Å². The molecule has 0 saturated carbocycles. The molecule has 18 heavy (non-hydrogen) atoms. The van der Waals surface area contributed by atoms with Gasteiger partial charge < -0.3 is 0 Å². The number of anilines is 1. The van der Waals surface area contributed by atoms with Crippen LogP contribution in [0.15, 0.2) is 24.3 Å². The summed E-state index contributed by atoms with van der Waals surface area (Å²) in [7, 11) is -3.55. The Morgan fingerprint density at radius 3 is 2.72 bits per heavy atom. The average Bonchev–Trinajstić information content (AvgIpc) is 2.76. The maximum absolute atomic E-state index is 11.5. The number of nitrogens with zero attached hydrogens (tertiary/aromatic N) is 2. The molecule has 1 aromatic carbocycles. The molecule has 2 aromatic rings. The smallest absolute Gasteiger partial charge is 0.246 e. The fourth-order valence-corrected chi connectivity index (χ4v) is 2.16. The molecule has 1 heterocycles. The van der Waals surface area contributed by atoms with E-state index in [0.717, 1.165) is 0 Å². The van der Waals surface area contributed by atoms with Gasteiger partial charge in [-0.05, 0) is 19.1 Å². The third-order valence-corrected chi connectivity index (χ3v) is 3.85. The molecule has 0 aliphatic heterocycles. The van der Waals surface area contributed by atoms with Crippen molar-refractivity contribution in [2.24, 2.45) is 0 Å². The molecule has 0 unspecified atom stereocenters. The summed E-state index contributed by atoms with van der Waals surface area (Å²) in [5.41, 5.74) is 0.993. The van der Waals surface area contributed by atoms with Gasteiger partial charge in [-0.15, -0.1) is 11.6 Å². The lowest BCUT2D eigenvalue weighted by atomic mass is 10.2. The quantitative estimate of drug-likeness (QED) is 0.838. The van der Waals surface area contributed by atoms with Crippen molar-refractivity contribution in [2.45, 2.75) is 6.92 Å². The van der Waals surface area contributed by atoms with E-state index >= 15 is 0 Å². The number of sulfonamides is 1. The molecular weight excluding hydrogens is 276 g/mol. The molecule has 0 saturated heterocycles. The van der Waals surface area contributed by atoms with Crippen LogP contribution in [0.3, 0.4) is 0 Å². The zero-order chi connectivity index (χ0) is 13.2. The minimum atomic E-state index is -3.55. The van der Waals surface area contributed by atoms with Crippen LogP contribution >= 0.6 is 11.6 Å². The predicted molar refractivity (Wildman–Crippen MR) is 69.8 cm³/mol. The SMILES string of the molecule is Cc1nc(-c2ccccc2NS(=O)(=O)CCl)n[nH]1. The fraction of sp³-hybridized carbons (Fsp3) is 0.200. The summed E-state index contributed by atoms with van der Waals surface area (Å²) in [5.74, 6) is 1.08. The standard InChI is InChI=1S/C10H11ClN4O2S/c1-7-12-10(14-13-7)8-4-2-3-5-9(8)15-18(16,17)6-11/h2-5,15H,6H2,1H3,(H,12,13,14). The van der Waals surface area contributed by atoms with Crippen LogP contribution in [0.25, 0.3) is 11.4 Å². The molecule has 0 fully saturated rings. The fourth-order valence-electron chi connectivity index (χ4n) is 1.43. The lowest BCUT2D eigenvalue weighted by molar-refractivity contribution is 0.605. The molecule has 0 radical (unpaired) electrons. The number of nitrogens with one attached hydrogen (secondary N) is 2. The molecule has 0 spiro atoms. The van der Waals surface area contributed by atoms with Crippen LogP contribution in [0.1, 0.15) is 5.82 Å². The number of hydrogen-bond acceptors (Lipinski definition) is 4. The van der Waals surface area contributed by atoms with Gasteiger partial charge in [-0.2, -0.15) is 5.10 Å². The van der Waals surface area contributed by atoms with E-state index in [-0.39, 0.29) is 0 Å². The third-order valence-electron chi connectivity index (χ3n) is 2.17. The van der Waals surface area contributed by atoms with Crippen LogP contribution in [-0.4, -0.2) is 28.8 Å². The highest BCUT2D eigenvalue weighted by Crippen LogP contribution is 2.25. The minimum Gasteiger partial charge on any atom is -0.282 e. The molecule has 0 amide bonds. The zero-order valence-electron chi connectivity index (χ0n) is 9.51. The summed E-state index contributed by atoms with van der Waals surface area (Å²) in [6.45, 7) is 1.77. The Bertz CT molecular complexity index is 653. The van der Waals surface area contributed by atoms with Crippen molar-refractivity contribution >= 4 is 27.3 Å². The monoisotopic (exact) mass is 286 g/mol. The van der Waals surface area contributed by atoms with E-state index in [1.165, 1.54) is 0 Å². The maximum Gasteiger partial charge on any atom is 0.246 e. The van der Waals surface area contributed by atoms with Gasteiger partial charge in [-0.25, -0.2) is 13.4 Å². The summed E-state index contributed by atoms with van der Waals surface area (Å²) in [6.07, 6.45) is 0. The number of aromatic nitrogens is 3. The number of aryl methyl sites for hydroxylation is 1. The zero-order valence-corrected chi connectivity index (χ0v) is 11.1. The van der Waals surface area contributed by atoms with E-state index in [1.807, 2.05) is 0 Å². The molecule has 0 bridgehead atoms. The van der Waals surface area contributed by atoms with Crippen LogP contribution in [0.5, 0.6) is 0 Å². The summed E-state index contributed by atoms with van der Waals surface area (Å²) in [5, 5.41) is 6.20. The van der Waals surface area contributed by atoms with Crippen molar-refractivity contribution in [1.29, 1.82) is 0 Å². The summed E-state index contributed by atoms with van der Waals surface area (Å²) in [6, 6.07) is 6.86. The first-order valence-electron chi connectivity index (χ1n) is 5.07. The van der Waals surface area contributed by atoms with E-state index in [0.29, 0.717) is 22.9 Å². The van der Waals surface area contributed by atoms with Gasteiger partial charge in [0.2, 0.25) is 10.0 Å². The maximum atomic E-state index is 11.5. The normalized spacial score (nSPS) is 11.4. The van der Waals surface area contributed by atoms with Gasteiger partial charge in [0.05, 0.1) is 5.69 Å². The second-order valence-corrected chi connectivity index (χ2v) is 5.92. The van der Waals surface area contributed by atoms with Crippen molar-refractivity contribution < 1.29 is 8.42 Å². The lowest BCUT2D eigenvalue weighted by Gasteiger charge is -2.08. The second-order valence-electron chi connectivity index (χ2n) is 3.62. The molecule has 1 aromatic heterocycles. The first-order valence-corrected chi connectivity index (χ1v) is 7.25. The Balaban J connectivity index is 2.44. The van der Waals surface area contributed by atoms with Gasteiger partial charge in [0.15, 0.2) is 5.82 Å². The Labute approximate surface area is 109 Å². The van der Waals surface area contributed by atoms with Gasteiger partial charge in [0, 0.05) is 5.56 Å². The van der Waals surface area contributed by atoms with Crippen LogP contribution in [-0.2, 0) is 10.0 Å². The molecule has 0 aliphatic carbocycles. The highest BCUT2D eigenvalue weighted by atomic mass is 35.5. The molecule has 2 rings (SSSR count). The molecule has 8 heteroatoms. The van der Waals surface area contributed by atoms with E-state index in [9.17, 15) is 8.42 Å². The first-order chi connectivity index (χ1) is 8.52. The Kier molecular flexibility index (Phi) is 3.53. The number of para-hydroxylation sites is 1. The van der Waals surface area contributed by atoms with E-state index in [1.54, 1.807) is 31.2 Å². The van der Waals surface area contributed by atoms with Gasteiger partial charge >= 0.3 is 0 Å². The van der Waals surface area contributed by atoms with Crippen molar-refractivity contribution in [3.05, 3.63) is 30.1 Å². The minimum absolute atomic E-state index is 0.400. The molecular formula is C10H11ClN4O2S. The third kappa shape index (κ3) is 2.80. The van der Waals surface area contributed by atoms with Gasteiger partial charge in [-0.3, -0.25) is 9.82 Å². The van der Waals surface area contributed by atoms with Crippen LogP contribution in [0.4, 0.5) is 5.69 Å². The first kappa shape index (κ1) is 12.8. The highest BCUT2D eigenvalue weighted by Gasteiger charge is 2.14. The van der Waals surface area contributed by atoms with E-state index in [4.69, 9.17) is 11.6 Å². The van der Waals surface area contributed by atoms with E-state index in [2.05, 4.69) is 19.9 Å². The Morgan fingerprint density at radius 2 is 2.11 bits per heavy atom. The van der Waals surface area contributed by atoms with Crippen LogP contribution in [0.2, 0.25) is 0 Å². The number of hydrogen-bond donors (Lipinski definition) is 2. The van der Waals surface area contributed by atoms with Crippen LogP contribution < -0.4 is 4.72 Å². The Morgan fingerprint density at radius 1 is 1.39 bits per heavy atom. The topological polar surface area (TPSA) is 87.7 Å². The molecule has 96 valence electrons. The number of halogens is 1. The van der Waals surface area contributed by atoms with Crippen LogP contribution in [0, 0.1) is 6.92 Å². The van der Waals surface area contributed by atoms with Crippen molar-refractivity contribution in [2.75, 3.05) is 9.93 Å². The number of benzene rings is 1. The average molecular weight is 287 g/mol. The summed E-state index contributed by atoms with van der Waals surface area (Å²) < 4.78 is 25.3. The number of aromatic amines is 1. The largest absolute Gasteiger partial charge is 0.282 e. The van der Waals surface area contributed by atoms with E-state index < -0.39 is 15.2 Å². The number of H-pyrrole nitrogens is 1. The highest BCUT2D eigenvalue weighted by molar-refractivity contribution is 7.93. The number of alkyl halides is 1. The molecule has 2 N–H and O–H groups in total. The van der Waals surface area contributed by atoms with Crippen molar-refractivity contribution in [3.63, 3.8) is 0 Å². The molecule has 0 aliphatic rings. The summed E-state index contributed by atoms with van der Waals surface area (Å²) >= 11 is 5.36. The number of rotatable bonds is 4. The molecule has 0 atom stereocenters. The molecule has 6 nitrogen and oxygen atoms in total. The Hall–Kier alpha value is -1.60. The predicted octanol–water partition coefficient (Wildman–Crippen LogP) is 1.72.